The SMILES string of the molecule is O=C(CN1CCN(c2ccccc2O)CC1)NCCc1ccc(OC(F)F)cc1. The van der Waals surface area contributed by atoms with Crippen molar-refractivity contribution in [1.82, 2.24) is 10.2 Å². The van der Waals surface area contributed by atoms with E-state index >= 15 is 0 Å². The van der Waals surface area contributed by atoms with Crippen LogP contribution >= 0.6 is 0 Å². The first kappa shape index (κ1) is 20.9. The third kappa shape index (κ3) is 6.32. The van der Waals surface area contributed by atoms with Crippen molar-refractivity contribution < 1.29 is 23.4 Å². The Balaban J connectivity index is 1.36. The van der Waals surface area contributed by atoms with Crippen molar-refractivity contribution >= 4 is 11.6 Å². The predicted octanol–water partition coefficient (Wildman–Crippen LogP) is 2.47. The van der Waals surface area contributed by atoms with Gasteiger partial charge in [-0.15, -0.1) is 0 Å². The summed E-state index contributed by atoms with van der Waals surface area (Å²) in [4.78, 5) is 16.4. The minimum Gasteiger partial charge on any atom is -0.506 e. The van der Waals surface area contributed by atoms with Crippen LogP contribution in [0, 0.1) is 0 Å². The Morgan fingerprint density at radius 3 is 2.41 bits per heavy atom. The summed E-state index contributed by atoms with van der Waals surface area (Å²) in [6, 6.07) is 13.7. The van der Waals surface area contributed by atoms with Gasteiger partial charge in [-0.25, -0.2) is 0 Å². The number of nitrogens with zero attached hydrogens (tertiary/aromatic N) is 2. The lowest BCUT2D eigenvalue weighted by molar-refractivity contribution is -0.122. The van der Waals surface area contributed by atoms with E-state index in [0.29, 0.717) is 19.5 Å². The van der Waals surface area contributed by atoms with Crippen molar-refractivity contribution in [2.75, 3.05) is 44.2 Å². The van der Waals surface area contributed by atoms with Gasteiger partial charge in [0.2, 0.25) is 5.91 Å². The van der Waals surface area contributed by atoms with Crippen LogP contribution in [0.15, 0.2) is 48.5 Å². The molecule has 8 heteroatoms. The molecule has 1 saturated heterocycles. The van der Waals surface area contributed by atoms with Crippen molar-refractivity contribution in [3.05, 3.63) is 54.1 Å². The van der Waals surface area contributed by atoms with Gasteiger partial charge >= 0.3 is 6.61 Å². The Morgan fingerprint density at radius 2 is 1.76 bits per heavy atom. The molecule has 0 bridgehead atoms. The average Bonchev–Trinajstić information content (AvgIpc) is 2.70. The van der Waals surface area contributed by atoms with E-state index < -0.39 is 6.61 Å². The highest BCUT2D eigenvalue weighted by atomic mass is 19.3. The van der Waals surface area contributed by atoms with Crippen LogP contribution in [0.25, 0.3) is 0 Å². The molecular formula is C21H25F2N3O3. The molecule has 29 heavy (non-hydrogen) atoms. The molecule has 6 nitrogen and oxygen atoms in total. The molecule has 1 heterocycles. The van der Waals surface area contributed by atoms with Crippen LogP contribution in [0.4, 0.5) is 14.5 Å². The second-order valence-electron chi connectivity index (χ2n) is 6.87. The first-order chi connectivity index (χ1) is 14.0. The number of anilines is 1. The van der Waals surface area contributed by atoms with E-state index in [0.717, 1.165) is 37.4 Å². The van der Waals surface area contributed by atoms with E-state index in [1.165, 1.54) is 12.1 Å². The number of phenols is 1. The summed E-state index contributed by atoms with van der Waals surface area (Å²) in [7, 11) is 0. The van der Waals surface area contributed by atoms with Gasteiger partial charge in [-0.3, -0.25) is 9.69 Å². The molecular weight excluding hydrogens is 380 g/mol. The number of hydrogen-bond donors (Lipinski definition) is 2. The lowest BCUT2D eigenvalue weighted by Crippen LogP contribution is -2.49. The Hall–Kier alpha value is -2.87. The molecule has 0 atom stereocenters. The van der Waals surface area contributed by atoms with Crippen LogP contribution in [0.5, 0.6) is 11.5 Å². The summed E-state index contributed by atoms with van der Waals surface area (Å²) in [6.07, 6.45) is 0.613. The number of benzene rings is 2. The van der Waals surface area contributed by atoms with Gasteiger partial charge in [-0.05, 0) is 36.2 Å². The second kappa shape index (κ2) is 10.1. The number of para-hydroxylation sites is 2. The van der Waals surface area contributed by atoms with Crippen molar-refractivity contribution in [2.24, 2.45) is 0 Å². The first-order valence-corrected chi connectivity index (χ1v) is 9.57. The molecule has 2 aromatic carbocycles. The van der Waals surface area contributed by atoms with Gasteiger partial charge in [0.25, 0.3) is 0 Å². The van der Waals surface area contributed by atoms with Gasteiger partial charge < -0.3 is 20.1 Å². The van der Waals surface area contributed by atoms with E-state index in [1.807, 2.05) is 12.1 Å². The summed E-state index contributed by atoms with van der Waals surface area (Å²) in [5.41, 5.74) is 1.75. The molecule has 0 aliphatic carbocycles. The minimum absolute atomic E-state index is 0.0429. The molecule has 1 fully saturated rings. The lowest BCUT2D eigenvalue weighted by Gasteiger charge is -2.35. The summed E-state index contributed by atoms with van der Waals surface area (Å²) in [5.74, 6) is 0.349. The minimum atomic E-state index is -2.83. The molecule has 2 N–H and O–H groups in total. The zero-order valence-corrected chi connectivity index (χ0v) is 16.1. The molecule has 156 valence electrons. The van der Waals surface area contributed by atoms with Crippen LogP contribution in [0.3, 0.4) is 0 Å². The summed E-state index contributed by atoms with van der Waals surface area (Å²) >= 11 is 0. The zero-order chi connectivity index (χ0) is 20.6. The number of alkyl halides is 2. The molecule has 2 aromatic rings. The number of rotatable bonds is 8. The maximum absolute atomic E-state index is 12.2. The van der Waals surface area contributed by atoms with Crippen LogP contribution in [-0.2, 0) is 11.2 Å². The third-order valence-electron chi connectivity index (χ3n) is 4.85. The van der Waals surface area contributed by atoms with E-state index in [1.54, 1.807) is 24.3 Å². The number of carbonyl (C=O) groups is 1. The second-order valence-corrected chi connectivity index (χ2v) is 6.87. The topological polar surface area (TPSA) is 65.0 Å². The molecule has 1 aliphatic rings. The van der Waals surface area contributed by atoms with Gasteiger partial charge in [0, 0.05) is 32.7 Å². The van der Waals surface area contributed by atoms with Gasteiger partial charge in [0.05, 0.1) is 12.2 Å². The molecule has 3 rings (SSSR count). The van der Waals surface area contributed by atoms with Gasteiger partial charge in [-0.2, -0.15) is 8.78 Å². The van der Waals surface area contributed by atoms with Crippen molar-refractivity contribution in [3.63, 3.8) is 0 Å². The highest BCUT2D eigenvalue weighted by molar-refractivity contribution is 5.78. The van der Waals surface area contributed by atoms with Crippen molar-refractivity contribution in [2.45, 2.75) is 13.0 Å². The van der Waals surface area contributed by atoms with E-state index in [9.17, 15) is 18.7 Å². The fourth-order valence-electron chi connectivity index (χ4n) is 3.32. The molecule has 0 spiro atoms. The fourth-order valence-corrected chi connectivity index (χ4v) is 3.32. The van der Waals surface area contributed by atoms with Crippen LogP contribution in [-0.4, -0.2) is 61.8 Å². The predicted molar refractivity (Wildman–Crippen MR) is 107 cm³/mol. The molecule has 0 unspecified atom stereocenters. The van der Waals surface area contributed by atoms with Crippen molar-refractivity contribution in [3.8, 4) is 11.5 Å². The number of halogens is 2. The first-order valence-electron chi connectivity index (χ1n) is 9.57. The van der Waals surface area contributed by atoms with E-state index in [4.69, 9.17) is 0 Å². The number of piperazine rings is 1. The summed E-state index contributed by atoms with van der Waals surface area (Å²) < 4.78 is 28.6. The number of carbonyl (C=O) groups excluding carboxylic acids is 1. The largest absolute Gasteiger partial charge is 0.506 e. The number of ether oxygens (including phenoxy) is 1. The Morgan fingerprint density at radius 1 is 1.07 bits per heavy atom. The number of hydrogen-bond acceptors (Lipinski definition) is 5. The van der Waals surface area contributed by atoms with Gasteiger partial charge in [0.1, 0.15) is 11.5 Å². The average molecular weight is 405 g/mol. The van der Waals surface area contributed by atoms with E-state index in [2.05, 4.69) is 19.9 Å². The quantitative estimate of drug-likeness (QED) is 0.707. The lowest BCUT2D eigenvalue weighted by atomic mass is 10.1. The van der Waals surface area contributed by atoms with Gasteiger partial charge in [0.15, 0.2) is 0 Å². The monoisotopic (exact) mass is 405 g/mol. The maximum atomic E-state index is 12.2. The van der Waals surface area contributed by atoms with Gasteiger partial charge in [-0.1, -0.05) is 24.3 Å². The Kier molecular flexibility index (Phi) is 7.24. The smallest absolute Gasteiger partial charge is 0.387 e. The zero-order valence-electron chi connectivity index (χ0n) is 16.1. The number of amides is 1. The van der Waals surface area contributed by atoms with Crippen molar-refractivity contribution in [1.29, 1.82) is 0 Å². The number of aromatic hydroxyl groups is 1. The normalized spacial score (nSPS) is 14.8. The standard InChI is InChI=1S/C21H25F2N3O3/c22-21(23)29-17-7-5-16(6-8-17)9-10-24-20(28)15-25-11-13-26(14-12-25)18-3-1-2-4-19(18)27/h1-8,21,27H,9-15H2,(H,24,28). The van der Waals surface area contributed by atoms with Crippen LogP contribution < -0.4 is 15.0 Å². The highest BCUT2D eigenvalue weighted by Gasteiger charge is 2.20. The van der Waals surface area contributed by atoms with Crippen LogP contribution in [0.1, 0.15) is 5.56 Å². The van der Waals surface area contributed by atoms with E-state index in [-0.39, 0.29) is 17.4 Å². The van der Waals surface area contributed by atoms with Crippen LogP contribution in [0.2, 0.25) is 0 Å². The molecule has 0 saturated carbocycles. The Bertz CT molecular complexity index is 794. The highest BCUT2D eigenvalue weighted by Crippen LogP contribution is 2.27. The third-order valence-corrected chi connectivity index (χ3v) is 4.85. The molecule has 0 aromatic heterocycles. The summed E-state index contributed by atoms with van der Waals surface area (Å²) in [6.45, 7) is 0.957. The molecule has 0 radical (unpaired) electrons. The summed E-state index contributed by atoms with van der Waals surface area (Å²) in [5, 5.41) is 12.9. The molecule has 1 amide bonds. The maximum Gasteiger partial charge on any atom is 0.387 e. The Labute approximate surface area is 168 Å². The molecule has 1 aliphatic heterocycles. The number of phenolic OH excluding ortho intramolecular Hbond substituents is 1. The number of nitrogens with one attached hydrogen (secondary N) is 1. The fraction of sp³-hybridized carbons (Fsp3) is 0.381.